The molecule has 1 aromatic rings. The number of rotatable bonds is 3. The van der Waals surface area contributed by atoms with Gasteiger partial charge in [0.25, 0.3) is 5.56 Å². The first-order valence-electron chi connectivity index (χ1n) is 7.96. The van der Waals surface area contributed by atoms with Gasteiger partial charge in [0.15, 0.2) is 0 Å². The van der Waals surface area contributed by atoms with Crippen LogP contribution in [0.5, 0.6) is 0 Å². The SMILES string of the molecule is CCOC(=O)CNC(=O)N1C[C@H]2C[C@@H](C1)c1cccc(=O)n1C2. The number of piperidine rings is 1. The predicted octanol–water partition coefficient (Wildman–Crippen LogP) is 0.540. The molecular formula is C16H21N3O4. The van der Waals surface area contributed by atoms with Gasteiger partial charge in [-0.05, 0) is 25.3 Å². The Kier molecular flexibility index (Phi) is 4.36. The molecule has 7 nitrogen and oxygen atoms in total. The van der Waals surface area contributed by atoms with Gasteiger partial charge >= 0.3 is 12.0 Å². The van der Waals surface area contributed by atoms with Gasteiger partial charge in [-0.3, -0.25) is 9.59 Å². The molecule has 7 heteroatoms. The van der Waals surface area contributed by atoms with Crippen molar-refractivity contribution in [2.24, 2.45) is 5.92 Å². The number of nitrogens with one attached hydrogen (secondary N) is 1. The molecule has 3 heterocycles. The molecule has 0 spiro atoms. The minimum atomic E-state index is -0.435. The zero-order valence-electron chi connectivity index (χ0n) is 13.2. The Morgan fingerprint density at radius 1 is 1.30 bits per heavy atom. The van der Waals surface area contributed by atoms with Crippen LogP contribution in [0.2, 0.25) is 0 Å². The maximum absolute atomic E-state index is 12.3. The lowest BCUT2D eigenvalue weighted by Crippen LogP contribution is -2.52. The molecule has 1 N–H and O–H groups in total. The van der Waals surface area contributed by atoms with Gasteiger partial charge in [0, 0.05) is 37.3 Å². The van der Waals surface area contributed by atoms with E-state index in [0.29, 0.717) is 26.2 Å². The second-order valence-electron chi connectivity index (χ2n) is 6.07. The number of likely N-dealkylation sites (tertiary alicyclic amines) is 1. The third-order valence-corrected chi connectivity index (χ3v) is 4.46. The van der Waals surface area contributed by atoms with Gasteiger partial charge in [-0.25, -0.2) is 4.79 Å². The second-order valence-corrected chi connectivity index (χ2v) is 6.07. The van der Waals surface area contributed by atoms with Gasteiger partial charge in [-0.2, -0.15) is 0 Å². The second kappa shape index (κ2) is 6.44. The van der Waals surface area contributed by atoms with E-state index in [-0.39, 0.29) is 30.0 Å². The maximum Gasteiger partial charge on any atom is 0.325 e. The minimum Gasteiger partial charge on any atom is -0.465 e. The van der Waals surface area contributed by atoms with Crippen molar-refractivity contribution in [3.63, 3.8) is 0 Å². The van der Waals surface area contributed by atoms with E-state index in [0.717, 1.165) is 12.1 Å². The zero-order chi connectivity index (χ0) is 16.4. The Morgan fingerprint density at radius 2 is 2.13 bits per heavy atom. The molecule has 2 atom stereocenters. The number of ether oxygens (including phenoxy) is 1. The third kappa shape index (κ3) is 3.23. The molecule has 0 aromatic carbocycles. The van der Waals surface area contributed by atoms with Crippen LogP contribution in [-0.2, 0) is 16.1 Å². The summed E-state index contributed by atoms with van der Waals surface area (Å²) in [5.41, 5.74) is 1.02. The largest absolute Gasteiger partial charge is 0.465 e. The summed E-state index contributed by atoms with van der Waals surface area (Å²) in [6.07, 6.45) is 0.991. The zero-order valence-corrected chi connectivity index (χ0v) is 13.2. The van der Waals surface area contributed by atoms with E-state index < -0.39 is 5.97 Å². The normalized spacial score (nSPS) is 22.2. The number of hydrogen-bond donors (Lipinski definition) is 1. The van der Waals surface area contributed by atoms with Gasteiger partial charge in [0.2, 0.25) is 0 Å². The molecule has 1 saturated heterocycles. The summed E-state index contributed by atoms with van der Waals surface area (Å²) in [6, 6.07) is 5.06. The molecule has 0 radical (unpaired) electrons. The van der Waals surface area contributed by atoms with Gasteiger partial charge in [-0.15, -0.1) is 0 Å². The van der Waals surface area contributed by atoms with Gasteiger partial charge in [-0.1, -0.05) is 6.07 Å². The Morgan fingerprint density at radius 3 is 2.91 bits per heavy atom. The van der Waals surface area contributed by atoms with Crippen molar-refractivity contribution in [3.05, 3.63) is 34.2 Å². The Hall–Kier alpha value is -2.31. The van der Waals surface area contributed by atoms with E-state index in [2.05, 4.69) is 5.32 Å². The quantitative estimate of drug-likeness (QED) is 0.825. The van der Waals surface area contributed by atoms with Crippen LogP contribution in [-0.4, -0.2) is 47.7 Å². The Labute approximate surface area is 134 Å². The number of carbonyl (C=O) groups excluding carboxylic acids is 2. The van der Waals surface area contributed by atoms with Gasteiger partial charge in [0.1, 0.15) is 6.54 Å². The number of urea groups is 1. The number of aromatic nitrogens is 1. The first-order valence-corrected chi connectivity index (χ1v) is 7.96. The van der Waals surface area contributed by atoms with Crippen LogP contribution in [0.3, 0.4) is 0 Å². The van der Waals surface area contributed by atoms with Crippen molar-refractivity contribution in [2.75, 3.05) is 26.2 Å². The van der Waals surface area contributed by atoms with Crippen molar-refractivity contribution in [2.45, 2.75) is 25.8 Å². The molecule has 2 aliphatic rings. The van der Waals surface area contributed by atoms with E-state index in [1.54, 1.807) is 24.0 Å². The van der Waals surface area contributed by atoms with E-state index in [1.807, 2.05) is 10.6 Å². The van der Waals surface area contributed by atoms with E-state index in [1.165, 1.54) is 0 Å². The molecule has 0 aliphatic carbocycles. The minimum absolute atomic E-state index is 0.0254. The number of esters is 1. The summed E-state index contributed by atoms with van der Waals surface area (Å²) >= 11 is 0. The molecule has 124 valence electrons. The van der Waals surface area contributed by atoms with Crippen LogP contribution >= 0.6 is 0 Å². The highest BCUT2D eigenvalue weighted by molar-refractivity contribution is 5.81. The topological polar surface area (TPSA) is 80.6 Å². The van der Waals surface area contributed by atoms with Crippen LogP contribution in [0.4, 0.5) is 4.79 Å². The van der Waals surface area contributed by atoms with Gasteiger partial charge < -0.3 is 19.5 Å². The van der Waals surface area contributed by atoms with Crippen molar-refractivity contribution in [1.29, 1.82) is 0 Å². The number of nitrogens with zero attached hydrogens (tertiary/aromatic N) is 2. The monoisotopic (exact) mass is 319 g/mol. The van der Waals surface area contributed by atoms with E-state index in [4.69, 9.17) is 4.74 Å². The summed E-state index contributed by atoms with van der Waals surface area (Å²) in [4.78, 5) is 37.3. The van der Waals surface area contributed by atoms with E-state index >= 15 is 0 Å². The average Bonchev–Trinajstić information content (AvgIpc) is 2.54. The van der Waals surface area contributed by atoms with Crippen molar-refractivity contribution >= 4 is 12.0 Å². The maximum atomic E-state index is 12.3. The van der Waals surface area contributed by atoms with Crippen molar-refractivity contribution < 1.29 is 14.3 Å². The molecule has 2 aliphatic heterocycles. The van der Waals surface area contributed by atoms with Crippen molar-refractivity contribution in [3.8, 4) is 0 Å². The summed E-state index contributed by atoms with van der Waals surface area (Å²) < 4.78 is 6.63. The highest BCUT2D eigenvalue weighted by Gasteiger charge is 2.36. The number of pyridine rings is 1. The standard InChI is InChI=1S/C16H21N3O4/c1-2-23-15(21)7-17-16(22)18-8-11-6-12(10-18)13-4-3-5-14(20)19(13)9-11/h3-5,11-12H,2,6-10H2,1H3,(H,17,22)/t11-,12+/m1/s1. The number of amides is 2. The fourth-order valence-electron chi connectivity index (χ4n) is 3.53. The molecule has 3 rings (SSSR count). The molecule has 0 saturated carbocycles. The summed E-state index contributed by atoms with van der Waals surface area (Å²) in [5, 5.41) is 2.61. The lowest BCUT2D eigenvalue weighted by molar-refractivity contribution is -0.141. The predicted molar refractivity (Wildman–Crippen MR) is 83.2 cm³/mol. The highest BCUT2D eigenvalue weighted by Crippen LogP contribution is 2.34. The molecular weight excluding hydrogens is 298 g/mol. The highest BCUT2D eigenvalue weighted by atomic mass is 16.5. The van der Waals surface area contributed by atoms with E-state index in [9.17, 15) is 14.4 Å². The summed E-state index contributed by atoms with van der Waals surface area (Å²) in [7, 11) is 0. The van der Waals surface area contributed by atoms with Crippen LogP contribution in [0.15, 0.2) is 23.0 Å². The first kappa shape index (κ1) is 15.6. The van der Waals surface area contributed by atoms with Crippen molar-refractivity contribution in [1.82, 2.24) is 14.8 Å². The molecule has 23 heavy (non-hydrogen) atoms. The molecule has 2 amide bonds. The number of fused-ring (bicyclic) bond motifs is 4. The molecule has 0 unspecified atom stereocenters. The fraction of sp³-hybridized carbons (Fsp3) is 0.562. The summed E-state index contributed by atoms with van der Waals surface area (Å²) in [5.74, 6) is 0.00869. The molecule has 1 fully saturated rings. The third-order valence-electron chi connectivity index (χ3n) is 4.46. The van der Waals surface area contributed by atoms with Crippen LogP contribution in [0.1, 0.15) is 25.0 Å². The Bertz CT molecular complexity index is 670. The first-order chi connectivity index (χ1) is 11.1. The smallest absolute Gasteiger partial charge is 0.325 e. The number of carbonyl (C=O) groups is 2. The van der Waals surface area contributed by atoms with Gasteiger partial charge in [0.05, 0.1) is 6.61 Å². The van der Waals surface area contributed by atoms with Crippen LogP contribution < -0.4 is 10.9 Å². The van der Waals surface area contributed by atoms with Crippen LogP contribution in [0, 0.1) is 5.92 Å². The molecule has 1 aromatic heterocycles. The number of hydrogen-bond acceptors (Lipinski definition) is 4. The summed E-state index contributed by atoms with van der Waals surface area (Å²) in [6.45, 7) is 3.72. The lowest BCUT2D eigenvalue weighted by Gasteiger charge is -2.42. The molecule has 2 bridgehead atoms. The Balaban J connectivity index is 1.66. The lowest BCUT2D eigenvalue weighted by atomic mass is 9.83. The average molecular weight is 319 g/mol. The fourth-order valence-corrected chi connectivity index (χ4v) is 3.53. The van der Waals surface area contributed by atoms with Crippen LogP contribution in [0.25, 0.3) is 0 Å².